The van der Waals surface area contributed by atoms with E-state index < -0.39 is 18.4 Å². The lowest BCUT2D eigenvalue weighted by Crippen LogP contribution is -2.20. The smallest absolute Gasteiger partial charge is 0.308 e. The second kappa shape index (κ2) is 17.7. The summed E-state index contributed by atoms with van der Waals surface area (Å²) in [5.41, 5.74) is 0.869. The summed E-state index contributed by atoms with van der Waals surface area (Å²) in [6.07, 6.45) is 1.47. The van der Waals surface area contributed by atoms with Crippen molar-refractivity contribution in [3.05, 3.63) is 48.3 Å². The molecule has 216 valence electrons. The predicted octanol–water partition coefficient (Wildman–Crippen LogP) is 12.1. The average molecular weight is 1290 g/mol. The van der Waals surface area contributed by atoms with Crippen molar-refractivity contribution in [1.82, 2.24) is 0 Å². The first-order valence-corrected chi connectivity index (χ1v) is 21.9. The molecule has 39 heavy (non-hydrogen) atoms. The highest BCUT2D eigenvalue weighted by Crippen LogP contribution is 2.48. The summed E-state index contributed by atoms with van der Waals surface area (Å²) < 4.78 is 49.4. The number of rotatable bonds is 13. The van der Waals surface area contributed by atoms with Gasteiger partial charge < -0.3 is 4.74 Å². The fourth-order valence-electron chi connectivity index (χ4n) is 2.63. The fourth-order valence-corrected chi connectivity index (χ4v) is 10.3. The largest absolute Gasteiger partial charge is 0.490 e. The van der Waals surface area contributed by atoms with Crippen LogP contribution in [0.25, 0.3) is 6.08 Å². The zero-order valence-corrected chi connectivity index (χ0v) is 37.9. The first-order valence-electron chi connectivity index (χ1n) is 9.97. The molecule has 0 fully saturated rings. The molecule has 0 N–H and O–H groups in total. The van der Waals surface area contributed by atoms with E-state index in [2.05, 4.69) is 175 Å². The zero-order chi connectivity index (χ0) is 29.7. The Morgan fingerprint density at radius 1 is 0.846 bits per heavy atom. The molecule has 2 atom stereocenters. The van der Waals surface area contributed by atoms with Gasteiger partial charge in [-0.3, -0.25) is 4.84 Å². The van der Waals surface area contributed by atoms with Crippen molar-refractivity contribution >= 4 is 205 Å². The highest BCUT2D eigenvalue weighted by molar-refractivity contribution is 9.16. The lowest BCUT2D eigenvalue weighted by molar-refractivity contribution is 0.157. The molecule has 0 aliphatic rings. The van der Waals surface area contributed by atoms with Gasteiger partial charge in [0, 0.05) is 48.5 Å². The van der Waals surface area contributed by atoms with E-state index >= 15 is 0 Å². The van der Waals surface area contributed by atoms with Crippen LogP contribution in [0.1, 0.15) is 5.56 Å². The molecule has 0 saturated carbocycles. The molecular formula is C20H13Br11NO5PS. The molecule has 2 aromatic carbocycles. The lowest BCUT2D eigenvalue weighted by Gasteiger charge is -2.23. The molecule has 0 heterocycles. The van der Waals surface area contributed by atoms with Crippen LogP contribution in [0.5, 0.6) is 5.75 Å². The Balaban J connectivity index is 2.69. The number of ether oxygens (including phenoxy) is 1. The van der Waals surface area contributed by atoms with Gasteiger partial charge in [-0.2, -0.15) is 4.83 Å². The van der Waals surface area contributed by atoms with E-state index in [1.165, 1.54) is 12.1 Å². The van der Waals surface area contributed by atoms with Crippen LogP contribution in [0.2, 0.25) is 0 Å². The third-order valence-corrected chi connectivity index (χ3v) is 18.3. The van der Waals surface area contributed by atoms with Gasteiger partial charge in [-0.1, -0.05) is 63.7 Å². The van der Waals surface area contributed by atoms with Crippen molar-refractivity contribution in [2.24, 2.45) is 0 Å². The molecule has 2 aromatic rings. The first kappa shape index (κ1) is 38.3. The second-order valence-corrected chi connectivity index (χ2v) is 19.0. The molecule has 2 unspecified atom stereocenters. The maximum atomic E-state index is 13.7. The molecule has 0 saturated heterocycles. The van der Waals surface area contributed by atoms with Crippen LogP contribution >= 0.6 is 184 Å². The number of benzene rings is 2. The standard InChI is InChI=1S/C20H13Br11NO5PS/c21-4-8(23)6-36-20-12(3-11(25)19(18(20)31)32(38-33)37-7-9(24)5-22)39(34,35)2-1-10-13(26)15(28)17(30)16(29)14(10)27/h1-3,8-9H,4-7H2. The Morgan fingerprint density at radius 3 is 1.87 bits per heavy atom. The van der Waals surface area contributed by atoms with Gasteiger partial charge in [-0.05, 0) is 124 Å². The molecule has 0 aromatic heterocycles. The van der Waals surface area contributed by atoms with Crippen molar-refractivity contribution in [3.63, 3.8) is 0 Å². The molecule has 0 radical (unpaired) electrons. The minimum absolute atomic E-state index is 0.0349. The number of nitrogens with zero attached hydrogens (tertiary/aromatic N) is 1. The summed E-state index contributed by atoms with van der Waals surface area (Å²) in [6, 6.07) is 1.39. The van der Waals surface area contributed by atoms with Gasteiger partial charge in [0.25, 0.3) is 0 Å². The Bertz CT molecular complexity index is 1330. The Morgan fingerprint density at radius 2 is 1.36 bits per heavy atom. The normalized spacial score (nSPS) is 13.7. The second-order valence-electron chi connectivity index (χ2n) is 7.14. The maximum absolute atomic E-state index is 13.7. The molecule has 6 nitrogen and oxygen atoms in total. The summed E-state index contributed by atoms with van der Waals surface area (Å²) in [6.45, 7) is 0.331. The zero-order valence-electron chi connectivity index (χ0n) is 18.7. The Labute approximate surface area is 320 Å². The van der Waals surface area contributed by atoms with E-state index in [-0.39, 0.29) is 43.7 Å². The van der Waals surface area contributed by atoms with Crippen LogP contribution in [0.3, 0.4) is 0 Å². The van der Waals surface area contributed by atoms with E-state index in [9.17, 15) is 13.0 Å². The Hall–Kier alpha value is 3.07. The number of alkyl halides is 4. The lowest BCUT2D eigenvalue weighted by atomic mass is 10.2. The predicted molar refractivity (Wildman–Crippen MR) is 198 cm³/mol. The third kappa shape index (κ3) is 10.0. The summed E-state index contributed by atoms with van der Waals surface area (Å²) >= 11 is 38.0. The monoisotopic (exact) mass is 1280 g/mol. The third-order valence-electron chi connectivity index (χ3n) is 4.47. The van der Waals surface area contributed by atoms with E-state index in [0.29, 0.717) is 38.6 Å². The molecule has 0 amide bonds. The van der Waals surface area contributed by atoms with Crippen LogP contribution in [0.4, 0.5) is 5.69 Å². The molecule has 0 spiro atoms. The highest BCUT2D eigenvalue weighted by atomic mass is 79.9. The molecule has 0 aliphatic heterocycles. The SMILES string of the molecule is O=PN(OCC(Br)CBr)c1c(Br)cc(S(=O)(=O)C=Cc2c(Br)c(Br)c(Br)c(Br)c2Br)c(OCC(Br)CBr)c1Br. The van der Waals surface area contributed by atoms with Crippen LogP contribution in [-0.2, 0) is 19.2 Å². The van der Waals surface area contributed by atoms with Gasteiger partial charge in [0.2, 0.25) is 9.84 Å². The van der Waals surface area contributed by atoms with Crippen LogP contribution in [-0.4, -0.2) is 41.9 Å². The van der Waals surface area contributed by atoms with Crippen molar-refractivity contribution in [1.29, 1.82) is 0 Å². The van der Waals surface area contributed by atoms with Gasteiger partial charge >= 0.3 is 8.61 Å². The summed E-state index contributed by atoms with van der Waals surface area (Å²) in [5, 5.41) is 2.26. The van der Waals surface area contributed by atoms with Crippen molar-refractivity contribution in [2.75, 3.05) is 28.7 Å². The van der Waals surface area contributed by atoms with Gasteiger partial charge in [0.15, 0.2) is 5.75 Å². The summed E-state index contributed by atoms with van der Waals surface area (Å²) in [4.78, 5) is 6.53. The van der Waals surface area contributed by atoms with Crippen molar-refractivity contribution in [2.45, 2.75) is 14.5 Å². The van der Waals surface area contributed by atoms with Crippen LogP contribution in [0.15, 0.2) is 47.7 Å². The van der Waals surface area contributed by atoms with Crippen LogP contribution in [0, 0.1) is 0 Å². The summed E-state index contributed by atoms with van der Waals surface area (Å²) in [5.74, 6) is 0.0349. The van der Waals surface area contributed by atoms with Gasteiger partial charge in [0.1, 0.15) is 17.2 Å². The van der Waals surface area contributed by atoms with Crippen molar-refractivity contribution < 1.29 is 22.6 Å². The molecule has 2 rings (SSSR count). The minimum atomic E-state index is -4.07. The highest BCUT2D eigenvalue weighted by Gasteiger charge is 2.29. The van der Waals surface area contributed by atoms with Crippen molar-refractivity contribution in [3.8, 4) is 5.75 Å². The van der Waals surface area contributed by atoms with Gasteiger partial charge in [0.05, 0.1) is 20.7 Å². The minimum Gasteiger partial charge on any atom is -0.490 e. The van der Waals surface area contributed by atoms with E-state index in [4.69, 9.17) is 9.57 Å². The van der Waals surface area contributed by atoms with Gasteiger partial charge in [-0.25, -0.2) is 13.0 Å². The molecule has 0 aliphatic carbocycles. The number of sulfone groups is 1. The average Bonchev–Trinajstić information content (AvgIpc) is 2.91. The quantitative estimate of drug-likeness (QED) is 0.0654. The van der Waals surface area contributed by atoms with E-state index in [1.807, 2.05) is 0 Å². The van der Waals surface area contributed by atoms with Crippen LogP contribution < -0.4 is 9.57 Å². The first-order chi connectivity index (χ1) is 18.2. The van der Waals surface area contributed by atoms with Gasteiger partial charge in [-0.15, -0.1) is 0 Å². The van der Waals surface area contributed by atoms with E-state index in [0.717, 1.165) is 14.7 Å². The number of halogens is 11. The maximum Gasteiger partial charge on any atom is 0.308 e. The summed E-state index contributed by atoms with van der Waals surface area (Å²) in [7, 11) is -4.54. The fraction of sp³-hybridized carbons (Fsp3) is 0.300. The molecular weight excluding hydrogens is 1280 g/mol. The molecule has 0 bridgehead atoms. The molecule has 19 heteroatoms. The van der Waals surface area contributed by atoms with E-state index in [1.54, 1.807) is 0 Å². The number of anilines is 1. The topological polar surface area (TPSA) is 72.9 Å². The number of hydrogen-bond donors (Lipinski definition) is 0. The number of hydrogen-bond acceptors (Lipinski definition) is 5. The Kier molecular flexibility index (Phi) is 17.3.